The number of nitrogens with zero attached hydrogens (tertiary/aromatic N) is 1. The van der Waals surface area contributed by atoms with Crippen LogP contribution in [-0.2, 0) is 11.3 Å². The van der Waals surface area contributed by atoms with Crippen LogP contribution in [0.3, 0.4) is 0 Å². The second kappa shape index (κ2) is 6.81. The standard InChI is InChI=1S/C12H16ClNOS/c1-3-14(12(15)8-13)9-10-4-6-11(16-2)7-5-10/h4-7H,3,8-9H2,1-2H3. The monoisotopic (exact) mass is 257 g/mol. The fourth-order valence-electron chi connectivity index (χ4n) is 1.41. The molecule has 4 heteroatoms. The highest BCUT2D eigenvalue weighted by Crippen LogP contribution is 2.15. The maximum atomic E-state index is 11.5. The Bertz CT molecular complexity index is 339. The molecule has 0 spiro atoms. The third kappa shape index (κ3) is 3.72. The first kappa shape index (κ1) is 13.4. The van der Waals surface area contributed by atoms with Gasteiger partial charge in [-0.25, -0.2) is 0 Å². The van der Waals surface area contributed by atoms with Crippen LogP contribution in [0, 0.1) is 0 Å². The number of benzene rings is 1. The molecule has 1 rings (SSSR count). The fraction of sp³-hybridized carbons (Fsp3) is 0.417. The van der Waals surface area contributed by atoms with Gasteiger partial charge in [-0.1, -0.05) is 12.1 Å². The van der Waals surface area contributed by atoms with Gasteiger partial charge in [0.1, 0.15) is 5.88 Å². The zero-order valence-electron chi connectivity index (χ0n) is 9.57. The van der Waals surface area contributed by atoms with Crippen LogP contribution in [-0.4, -0.2) is 29.5 Å². The van der Waals surface area contributed by atoms with Gasteiger partial charge in [0.2, 0.25) is 5.91 Å². The predicted molar refractivity (Wildman–Crippen MR) is 70.0 cm³/mol. The van der Waals surface area contributed by atoms with Crippen LogP contribution in [0.1, 0.15) is 12.5 Å². The van der Waals surface area contributed by atoms with Crippen molar-refractivity contribution in [3.8, 4) is 0 Å². The summed E-state index contributed by atoms with van der Waals surface area (Å²) in [5.41, 5.74) is 1.14. The normalized spacial score (nSPS) is 10.2. The van der Waals surface area contributed by atoms with Gasteiger partial charge >= 0.3 is 0 Å². The second-order valence-electron chi connectivity index (χ2n) is 3.39. The summed E-state index contributed by atoms with van der Waals surface area (Å²) in [6.07, 6.45) is 2.05. The number of thioether (sulfide) groups is 1. The van der Waals surface area contributed by atoms with Crippen LogP contribution in [0.2, 0.25) is 0 Å². The van der Waals surface area contributed by atoms with Crippen molar-refractivity contribution in [3.63, 3.8) is 0 Å². The molecule has 0 heterocycles. The second-order valence-corrected chi connectivity index (χ2v) is 4.54. The molecular weight excluding hydrogens is 242 g/mol. The molecule has 0 unspecified atom stereocenters. The average Bonchev–Trinajstić information content (AvgIpc) is 2.35. The van der Waals surface area contributed by atoms with E-state index in [9.17, 15) is 4.79 Å². The average molecular weight is 258 g/mol. The molecule has 0 aliphatic rings. The van der Waals surface area contributed by atoms with Crippen molar-refractivity contribution in [2.45, 2.75) is 18.4 Å². The molecule has 0 bridgehead atoms. The zero-order chi connectivity index (χ0) is 12.0. The lowest BCUT2D eigenvalue weighted by molar-refractivity contribution is -0.128. The summed E-state index contributed by atoms with van der Waals surface area (Å²) < 4.78 is 0. The maximum absolute atomic E-state index is 11.5. The van der Waals surface area contributed by atoms with Crippen molar-refractivity contribution >= 4 is 29.3 Å². The highest BCUT2D eigenvalue weighted by atomic mass is 35.5. The molecule has 2 nitrogen and oxygen atoms in total. The van der Waals surface area contributed by atoms with Gasteiger partial charge in [-0.15, -0.1) is 23.4 Å². The minimum Gasteiger partial charge on any atom is -0.338 e. The summed E-state index contributed by atoms with van der Waals surface area (Å²) >= 11 is 7.26. The number of carbonyl (C=O) groups excluding carboxylic acids is 1. The molecule has 16 heavy (non-hydrogen) atoms. The van der Waals surface area contributed by atoms with Crippen molar-refractivity contribution in [1.29, 1.82) is 0 Å². The molecule has 0 aliphatic carbocycles. The number of carbonyl (C=O) groups is 1. The molecule has 0 N–H and O–H groups in total. The van der Waals surface area contributed by atoms with Crippen molar-refractivity contribution in [1.82, 2.24) is 4.90 Å². The molecule has 88 valence electrons. The number of alkyl halides is 1. The third-order valence-corrected chi connectivity index (χ3v) is 3.35. The van der Waals surface area contributed by atoms with Gasteiger partial charge < -0.3 is 4.90 Å². The molecular formula is C12H16ClNOS. The number of hydrogen-bond acceptors (Lipinski definition) is 2. The molecule has 1 aromatic carbocycles. The van der Waals surface area contributed by atoms with Crippen LogP contribution in [0.15, 0.2) is 29.2 Å². The van der Waals surface area contributed by atoms with E-state index in [0.29, 0.717) is 13.1 Å². The summed E-state index contributed by atoms with van der Waals surface area (Å²) in [5.74, 6) is 0.0367. The predicted octanol–water partition coefficient (Wildman–Crippen LogP) is 3.00. The SMILES string of the molecule is CCN(Cc1ccc(SC)cc1)C(=O)CCl. The minimum absolute atomic E-state index is 0.0156. The quantitative estimate of drug-likeness (QED) is 0.597. The first-order chi connectivity index (χ1) is 7.71. The Morgan fingerprint density at radius 3 is 2.44 bits per heavy atom. The van der Waals surface area contributed by atoms with E-state index in [-0.39, 0.29) is 11.8 Å². The zero-order valence-corrected chi connectivity index (χ0v) is 11.1. The van der Waals surface area contributed by atoms with Crippen molar-refractivity contribution in [3.05, 3.63) is 29.8 Å². The van der Waals surface area contributed by atoms with Gasteiger partial charge in [0.15, 0.2) is 0 Å². The topological polar surface area (TPSA) is 20.3 Å². The van der Waals surface area contributed by atoms with E-state index in [0.717, 1.165) is 5.56 Å². The molecule has 1 aromatic rings. The van der Waals surface area contributed by atoms with Crippen molar-refractivity contribution < 1.29 is 4.79 Å². The Morgan fingerprint density at radius 1 is 1.38 bits per heavy atom. The highest BCUT2D eigenvalue weighted by Gasteiger charge is 2.10. The smallest absolute Gasteiger partial charge is 0.237 e. The van der Waals surface area contributed by atoms with E-state index in [1.807, 2.05) is 13.2 Å². The first-order valence-corrected chi connectivity index (χ1v) is 6.93. The van der Waals surface area contributed by atoms with Gasteiger partial charge in [-0.3, -0.25) is 4.79 Å². The summed E-state index contributed by atoms with van der Waals surface area (Å²) in [5, 5.41) is 0. The minimum atomic E-state index is -0.0156. The van der Waals surface area contributed by atoms with Gasteiger partial charge in [0.05, 0.1) is 0 Å². The molecule has 1 amide bonds. The van der Waals surface area contributed by atoms with Gasteiger partial charge in [-0.05, 0) is 30.9 Å². The molecule has 0 saturated heterocycles. The lowest BCUT2D eigenvalue weighted by Crippen LogP contribution is -2.31. The van der Waals surface area contributed by atoms with Crippen LogP contribution in [0.25, 0.3) is 0 Å². The van der Waals surface area contributed by atoms with E-state index in [1.54, 1.807) is 16.7 Å². The van der Waals surface area contributed by atoms with E-state index in [2.05, 4.69) is 24.3 Å². The van der Waals surface area contributed by atoms with Crippen LogP contribution < -0.4 is 0 Å². The lowest BCUT2D eigenvalue weighted by atomic mass is 10.2. The van der Waals surface area contributed by atoms with Crippen molar-refractivity contribution in [2.75, 3.05) is 18.7 Å². The third-order valence-electron chi connectivity index (χ3n) is 2.38. The summed E-state index contributed by atoms with van der Waals surface area (Å²) in [6.45, 7) is 3.28. The molecule has 0 aliphatic heterocycles. The Balaban J connectivity index is 2.66. The molecule has 0 aromatic heterocycles. The van der Waals surface area contributed by atoms with Gasteiger partial charge in [0.25, 0.3) is 0 Å². The van der Waals surface area contributed by atoms with Crippen LogP contribution >= 0.6 is 23.4 Å². The van der Waals surface area contributed by atoms with E-state index >= 15 is 0 Å². The van der Waals surface area contributed by atoms with E-state index < -0.39 is 0 Å². The van der Waals surface area contributed by atoms with E-state index in [4.69, 9.17) is 11.6 Å². The van der Waals surface area contributed by atoms with Crippen LogP contribution in [0.4, 0.5) is 0 Å². The Hall–Kier alpha value is -0.670. The largest absolute Gasteiger partial charge is 0.338 e. The Morgan fingerprint density at radius 2 is 2.00 bits per heavy atom. The first-order valence-electron chi connectivity index (χ1n) is 5.18. The summed E-state index contributed by atoms with van der Waals surface area (Å²) in [7, 11) is 0. The number of amides is 1. The molecule has 0 fully saturated rings. The molecule has 0 saturated carbocycles. The Kier molecular flexibility index (Phi) is 5.71. The number of rotatable bonds is 5. The van der Waals surface area contributed by atoms with Gasteiger partial charge in [-0.2, -0.15) is 0 Å². The molecule has 0 radical (unpaired) electrons. The van der Waals surface area contributed by atoms with Gasteiger partial charge in [0, 0.05) is 18.0 Å². The maximum Gasteiger partial charge on any atom is 0.237 e. The van der Waals surface area contributed by atoms with Crippen molar-refractivity contribution in [2.24, 2.45) is 0 Å². The number of hydrogen-bond donors (Lipinski definition) is 0. The van der Waals surface area contributed by atoms with E-state index in [1.165, 1.54) is 4.90 Å². The summed E-state index contributed by atoms with van der Waals surface area (Å²) in [4.78, 5) is 14.4. The summed E-state index contributed by atoms with van der Waals surface area (Å²) in [6, 6.07) is 8.24. The highest BCUT2D eigenvalue weighted by molar-refractivity contribution is 7.98. The fourth-order valence-corrected chi connectivity index (χ4v) is 1.99. The van der Waals surface area contributed by atoms with Crippen LogP contribution in [0.5, 0.6) is 0 Å². The molecule has 0 atom stereocenters. The number of halogens is 1. The lowest BCUT2D eigenvalue weighted by Gasteiger charge is -2.19. The Labute approximate surface area is 106 Å².